The molecule has 4 aromatic rings. The Labute approximate surface area is 255 Å². The highest BCUT2D eigenvalue weighted by molar-refractivity contribution is 7.07. The molecule has 0 spiro atoms. The van der Waals surface area contributed by atoms with E-state index in [1.165, 1.54) is 35.1 Å². The van der Waals surface area contributed by atoms with Crippen LogP contribution in [0, 0.1) is 5.82 Å². The highest BCUT2D eigenvalue weighted by atomic mass is 35.5. The van der Waals surface area contributed by atoms with Gasteiger partial charge in [0.05, 0.1) is 47.7 Å². The average molecular weight is 623 g/mol. The van der Waals surface area contributed by atoms with Crippen molar-refractivity contribution in [2.75, 3.05) is 20.8 Å². The zero-order valence-corrected chi connectivity index (χ0v) is 25.4. The van der Waals surface area contributed by atoms with Crippen molar-refractivity contribution in [2.24, 2.45) is 4.99 Å². The molecule has 0 amide bonds. The minimum absolute atomic E-state index is 0.0900. The van der Waals surface area contributed by atoms with Crippen molar-refractivity contribution < 1.29 is 28.1 Å². The van der Waals surface area contributed by atoms with E-state index in [1.807, 2.05) is 12.1 Å². The molecule has 1 atom stereocenters. The number of carbonyl (C=O) groups excluding carboxylic acids is 1. The van der Waals surface area contributed by atoms with Gasteiger partial charge in [-0.3, -0.25) is 9.36 Å². The number of carbonyl (C=O) groups is 1. The second-order valence-electron chi connectivity index (χ2n) is 9.47. The molecule has 0 saturated heterocycles. The van der Waals surface area contributed by atoms with E-state index in [0.717, 1.165) is 0 Å². The number of hydrogen-bond donors (Lipinski definition) is 0. The quantitative estimate of drug-likeness (QED) is 0.239. The van der Waals surface area contributed by atoms with Crippen molar-refractivity contribution >= 4 is 35.0 Å². The van der Waals surface area contributed by atoms with Crippen molar-refractivity contribution in [2.45, 2.75) is 26.5 Å². The van der Waals surface area contributed by atoms with E-state index >= 15 is 0 Å². The Bertz CT molecular complexity index is 1880. The van der Waals surface area contributed by atoms with Crippen LogP contribution in [-0.4, -0.2) is 31.4 Å². The molecule has 1 aromatic heterocycles. The number of aromatic nitrogens is 1. The van der Waals surface area contributed by atoms with Gasteiger partial charge < -0.3 is 18.9 Å². The summed E-state index contributed by atoms with van der Waals surface area (Å²) in [4.78, 5) is 32.0. The third-order valence-electron chi connectivity index (χ3n) is 6.87. The number of nitrogens with zero attached hydrogens (tertiary/aromatic N) is 2. The summed E-state index contributed by atoms with van der Waals surface area (Å²) in [6.07, 6.45) is 1.72. The Morgan fingerprint density at radius 1 is 1.09 bits per heavy atom. The lowest BCUT2D eigenvalue weighted by Gasteiger charge is -2.24. The van der Waals surface area contributed by atoms with Crippen LogP contribution in [0.5, 0.6) is 17.2 Å². The third kappa shape index (κ3) is 6.07. The second-order valence-corrected chi connectivity index (χ2v) is 10.9. The van der Waals surface area contributed by atoms with Crippen LogP contribution in [0.2, 0.25) is 5.02 Å². The summed E-state index contributed by atoms with van der Waals surface area (Å²) in [5.41, 5.74) is 2.08. The van der Waals surface area contributed by atoms with E-state index in [4.69, 9.17) is 30.5 Å². The topological polar surface area (TPSA) is 88.4 Å². The number of ether oxygens (including phenoxy) is 4. The first kappa shape index (κ1) is 30.1. The van der Waals surface area contributed by atoms with Gasteiger partial charge in [-0.05, 0) is 67.4 Å². The normalized spacial score (nSPS) is 14.7. The van der Waals surface area contributed by atoms with Crippen LogP contribution < -0.4 is 29.1 Å². The Balaban J connectivity index is 1.54. The van der Waals surface area contributed by atoms with Gasteiger partial charge in [0.15, 0.2) is 16.3 Å². The number of hydrogen-bond acceptors (Lipinski definition) is 8. The fourth-order valence-electron chi connectivity index (χ4n) is 4.76. The standard InChI is InChI=1S/C32H28ClFN2O6S/c1-5-41-31(38)28-18(2)35-32-36(29(28)20-10-12-21(39-3)13-11-20)30(37)27(43-32)16-19-9-14-25(26(15-19)40-4)42-17-22-23(33)7-6-8-24(22)34/h6-16,29H,5,17H2,1-4H3/t29-/m1/s1. The van der Waals surface area contributed by atoms with Gasteiger partial charge in [-0.2, -0.15) is 0 Å². The molecular weight excluding hydrogens is 595 g/mol. The minimum Gasteiger partial charge on any atom is -0.497 e. The summed E-state index contributed by atoms with van der Waals surface area (Å²) in [6, 6.07) is 16.0. The molecule has 1 aliphatic heterocycles. The molecule has 0 N–H and O–H groups in total. The molecule has 222 valence electrons. The number of rotatable bonds is 9. The van der Waals surface area contributed by atoms with Gasteiger partial charge in [-0.1, -0.05) is 47.2 Å². The van der Waals surface area contributed by atoms with Gasteiger partial charge in [0.1, 0.15) is 18.2 Å². The molecule has 2 heterocycles. The summed E-state index contributed by atoms with van der Waals surface area (Å²) in [5.74, 6) is 0.427. The van der Waals surface area contributed by atoms with E-state index < -0.39 is 17.8 Å². The lowest BCUT2D eigenvalue weighted by atomic mass is 9.96. The van der Waals surface area contributed by atoms with Crippen LogP contribution in [0.1, 0.15) is 36.6 Å². The molecule has 0 aliphatic carbocycles. The van der Waals surface area contributed by atoms with Crippen LogP contribution in [-0.2, 0) is 16.1 Å². The molecule has 11 heteroatoms. The molecule has 43 heavy (non-hydrogen) atoms. The highest BCUT2D eigenvalue weighted by Gasteiger charge is 2.33. The predicted octanol–water partition coefficient (Wildman–Crippen LogP) is 5.19. The van der Waals surface area contributed by atoms with Crippen LogP contribution in [0.25, 0.3) is 6.08 Å². The maximum atomic E-state index is 14.2. The van der Waals surface area contributed by atoms with Crippen molar-refractivity contribution in [1.29, 1.82) is 0 Å². The Hall–Kier alpha value is -4.41. The first-order valence-electron chi connectivity index (χ1n) is 13.3. The van der Waals surface area contributed by atoms with Crippen LogP contribution in [0.4, 0.5) is 4.39 Å². The van der Waals surface area contributed by atoms with Crippen molar-refractivity contribution in [3.63, 3.8) is 0 Å². The Morgan fingerprint density at radius 2 is 1.86 bits per heavy atom. The molecule has 0 bridgehead atoms. The SMILES string of the molecule is CCOC(=O)C1=C(C)N=c2sc(=Cc3ccc(OCc4c(F)cccc4Cl)c(OC)c3)c(=O)n2[C@@H]1c1ccc(OC)cc1. The van der Waals surface area contributed by atoms with Gasteiger partial charge in [0.25, 0.3) is 5.56 Å². The molecule has 3 aromatic carbocycles. The largest absolute Gasteiger partial charge is 0.497 e. The lowest BCUT2D eigenvalue weighted by molar-refractivity contribution is -0.139. The number of thiazole rings is 1. The summed E-state index contributed by atoms with van der Waals surface area (Å²) in [7, 11) is 3.06. The molecule has 0 saturated carbocycles. The zero-order valence-electron chi connectivity index (χ0n) is 23.9. The highest BCUT2D eigenvalue weighted by Crippen LogP contribution is 2.32. The number of halogens is 2. The fraction of sp³-hybridized carbons (Fsp3) is 0.219. The second kappa shape index (κ2) is 12.8. The van der Waals surface area contributed by atoms with E-state index in [0.29, 0.717) is 49.0 Å². The molecule has 0 radical (unpaired) electrons. The van der Waals surface area contributed by atoms with Crippen molar-refractivity contribution in [1.82, 2.24) is 4.57 Å². The van der Waals surface area contributed by atoms with E-state index in [9.17, 15) is 14.0 Å². The molecular formula is C32H28ClFN2O6S. The molecule has 8 nitrogen and oxygen atoms in total. The van der Waals surface area contributed by atoms with Crippen molar-refractivity contribution in [3.8, 4) is 17.2 Å². The average Bonchev–Trinajstić information content (AvgIpc) is 3.30. The van der Waals surface area contributed by atoms with E-state index in [2.05, 4.69) is 4.99 Å². The molecule has 0 fully saturated rings. The summed E-state index contributed by atoms with van der Waals surface area (Å²) in [5, 5.41) is 0.264. The van der Waals surface area contributed by atoms with Crippen LogP contribution in [0.15, 0.2) is 81.7 Å². The van der Waals surface area contributed by atoms with Gasteiger partial charge in [0, 0.05) is 5.56 Å². The Morgan fingerprint density at radius 3 is 2.53 bits per heavy atom. The lowest BCUT2D eigenvalue weighted by Crippen LogP contribution is -2.39. The molecule has 5 rings (SSSR count). The first-order valence-corrected chi connectivity index (χ1v) is 14.5. The molecule has 1 aliphatic rings. The maximum Gasteiger partial charge on any atom is 0.338 e. The van der Waals surface area contributed by atoms with Crippen LogP contribution >= 0.6 is 22.9 Å². The minimum atomic E-state index is -0.737. The number of fused-ring (bicyclic) bond motifs is 1. The number of allylic oxidation sites excluding steroid dienone is 1. The van der Waals surface area contributed by atoms with E-state index in [1.54, 1.807) is 63.4 Å². The predicted molar refractivity (Wildman–Crippen MR) is 162 cm³/mol. The first-order chi connectivity index (χ1) is 20.7. The van der Waals surface area contributed by atoms with Gasteiger partial charge >= 0.3 is 5.97 Å². The molecule has 0 unspecified atom stereocenters. The number of esters is 1. The third-order valence-corrected chi connectivity index (χ3v) is 8.20. The number of benzene rings is 3. The maximum absolute atomic E-state index is 14.2. The fourth-order valence-corrected chi connectivity index (χ4v) is 6.02. The van der Waals surface area contributed by atoms with E-state index in [-0.39, 0.29) is 29.4 Å². The summed E-state index contributed by atoms with van der Waals surface area (Å²) in [6.45, 7) is 3.56. The van der Waals surface area contributed by atoms with Gasteiger partial charge in [0.2, 0.25) is 0 Å². The van der Waals surface area contributed by atoms with Gasteiger partial charge in [-0.15, -0.1) is 0 Å². The van der Waals surface area contributed by atoms with Gasteiger partial charge in [-0.25, -0.2) is 14.2 Å². The summed E-state index contributed by atoms with van der Waals surface area (Å²) < 4.78 is 38.1. The van der Waals surface area contributed by atoms with Crippen LogP contribution in [0.3, 0.4) is 0 Å². The van der Waals surface area contributed by atoms with Crippen molar-refractivity contribution in [3.05, 3.63) is 119 Å². The summed E-state index contributed by atoms with van der Waals surface area (Å²) >= 11 is 7.34. The smallest absolute Gasteiger partial charge is 0.338 e. The Kier molecular flexibility index (Phi) is 8.98. The monoisotopic (exact) mass is 622 g/mol. The number of methoxy groups -OCH3 is 2. The zero-order chi connectivity index (χ0) is 30.7.